The highest BCUT2D eigenvalue weighted by atomic mass is 32.1. The molecular weight excluding hydrogens is 244 g/mol. The predicted molar refractivity (Wildman–Crippen MR) is 75.5 cm³/mol. The van der Waals surface area contributed by atoms with Crippen molar-refractivity contribution in [2.75, 3.05) is 5.32 Å². The molecule has 0 fully saturated rings. The Morgan fingerprint density at radius 3 is 3.06 bits per heavy atom. The first kappa shape index (κ1) is 11.2. The molecule has 0 aliphatic carbocycles. The summed E-state index contributed by atoms with van der Waals surface area (Å²) in [5, 5.41) is 8.43. The third-order valence-electron chi connectivity index (χ3n) is 2.75. The third-order valence-corrected chi connectivity index (χ3v) is 3.70. The fourth-order valence-electron chi connectivity index (χ4n) is 1.82. The van der Waals surface area contributed by atoms with Crippen LogP contribution in [0.15, 0.2) is 30.6 Å². The molecule has 1 aromatic carbocycles. The van der Waals surface area contributed by atoms with Crippen LogP contribution in [0.1, 0.15) is 12.5 Å². The van der Waals surface area contributed by atoms with Crippen LogP contribution < -0.4 is 5.32 Å². The van der Waals surface area contributed by atoms with Crippen LogP contribution in [-0.2, 0) is 6.54 Å². The molecule has 0 saturated carbocycles. The number of anilines is 2. The minimum absolute atomic E-state index is 0.876. The second-order valence-corrected chi connectivity index (χ2v) is 5.23. The van der Waals surface area contributed by atoms with Crippen molar-refractivity contribution in [1.29, 1.82) is 0 Å². The van der Waals surface area contributed by atoms with Gasteiger partial charge in [0.2, 0.25) is 0 Å². The smallest absolute Gasteiger partial charge is 0.188 e. The van der Waals surface area contributed by atoms with Gasteiger partial charge in [0.15, 0.2) is 5.13 Å². The Labute approximate surface area is 109 Å². The Hall–Kier alpha value is -1.88. The molecule has 3 aromatic rings. The number of hydrogen-bond acceptors (Lipinski definition) is 4. The van der Waals surface area contributed by atoms with E-state index in [2.05, 4.69) is 47.4 Å². The maximum atomic E-state index is 4.57. The van der Waals surface area contributed by atoms with E-state index in [0.29, 0.717) is 0 Å². The van der Waals surface area contributed by atoms with E-state index in [4.69, 9.17) is 0 Å². The highest BCUT2D eigenvalue weighted by Crippen LogP contribution is 2.28. The molecule has 0 bridgehead atoms. The predicted octanol–water partition coefficient (Wildman–Crippen LogP) is 3.56. The maximum Gasteiger partial charge on any atom is 0.188 e. The van der Waals surface area contributed by atoms with E-state index in [1.165, 1.54) is 10.3 Å². The summed E-state index contributed by atoms with van der Waals surface area (Å²) >= 11 is 1.66. The lowest BCUT2D eigenvalue weighted by molar-refractivity contribution is 0.660. The van der Waals surface area contributed by atoms with E-state index in [1.807, 2.05) is 17.1 Å². The standard InChI is InChI=1S/C13H14N4S/c1-3-17-8-10(7-14-17)15-13-16-11-6-9(2)4-5-12(11)18-13/h4-8H,3H2,1-2H3,(H,15,16). The average molecular weight is 258 g/mol. The number of hydrogen-bond donors (Lipinski definition) is 1. The topological polar surface area (TPSA) is 42.7 Å². The summed E-state index contributed by atoms with van der Waals surface area (Å²) in [4.78, 5) is 4.57. The van der Waals surface area contributed by atoms with Crippen molar-refractivity contribution in [2.24, 2.45) is 0 Å². The van der Waals surface area contributed by atoms with Gasteiger partial charge in [0.05, 0.1) is 22.1 Å². The zero-order valence-electron chi connectivity index (χ0n) is 10.3. The first-order valence-corrected chi connectivity index (χ1v) is 6.73. The van der Waals surface area contributed by atoms with Crippen LogP contribution in [0.4, 0.5) is 10.8 Å². The minimum Gasteiger partial charge on any atom is -0.329 e. The second-order valence-electron chi connectivity index (χ2n) is 4.20. The largest absolute Gasteiger partial charge is 0.329 e. The van der Waals surface area contributed by atoms with Crippen LogP contribution in [0.2, 0.25) is 0 Å². The molecule has 0 saturated heterocycles. The van der Waals surface area contributed by atoms with Crippen LogP contribution >= 0.6 is 11.3 Å². The normalized spacial score (nSPS) is 11.0. The first-order chi connectivity index (χ1) is 8.74. The van der Waals surface area contributed by atoms with Gasteiger partial charge in [0, 0.05) is 12.7 Å². The lowest BCUT2D eigenvalue weighted by Crippen LogP contribution is -1.92. The number of aromatic nitrogens is 3. The molecule has 2 aromatic heterocycles. The number of benzene rings is 1. The van der Waals surface area contributed by atoms with Crippen molar-refractivity contribution in [3.63, 3.8) is 0 Å². The average Bonchev–Trinajstić information content (AvgIpc) is 2.95. The molecular formula is C13H14N4S. The Morgan fingerprint density at radius 2 is 2.28 bits per heavy atom. The summed E-state index contributed by atoms with van der Waals surface area (Å²) in [7, 11) is 0. The molecule has 0 amide bonds. The van der Waals surface area contributed by atoms with Gasteiger partial charge in [-0.15, -0.1) is 0 Å². The summed E-state index contributed by atoms with van der Waals surface area (Å²) in [6, 6.07) is 6.33. The van der Waals surface area contributed by atoms with Crippen LogP contribution in [0.5, 0.6) is 0 Å². The van der Waals surface area contributed by atoms with Crippen molar-refractivity contribution in [3.05, 3.63) is 36.2 Å². The van der Waals surface area contributed by atoms with Crippen molar-refractivity contribution < 1.29 is 0 Å². The van der Waals surface area contributed by atoms with Gasteiger partial charge in [-0.3, -0.25) is 4.68 Å². The molecule has 3 rings (SSSR count). The highest BCUT2D eigenvalue weighted by molar-refractivity contribution is 7.22. The van der Waals surface area contributed by atoms with Crippen molar-refractivity contribution >= 4 is 32.4 Å². The van der Waals surface area contributed by atoms with E-state index < -0.39 is 0 Å². The number of nitrogens with zero attached hydrogens (tertiary/aromatic N) is 3. The summed E-state index contributed by atoms with van der Waals surface area (Å²) in [5.74, 6) is 0. The van der Waals surface area contributed by atoms with E-state index in [9.17, 15) is 0 Å². The Kier molecular flexibility index (Phi) is 2.76. The third kappa shape index (κ3) is 2.09. The van der Waals surface area contributed by atoms with Crippen LogP contribution in [0.3, 0.4) is 0 Å². The van der Waals surface area contributed by atoms with Gasteiger partial charge < -0.3 is 5.32 Å². The first-order valence-electron chi connectivity index (χ1n) is 5.91. The van der Waals surface area contributed by atoms with Gasteiger partial charge in [0.1, 0.15) is 0 Å². The van der Waals surface area contributed by atoms with E-state index in [-0.39, 0.29) is 0 Å². The number of fused-ring (bicyclic) bond motifs is 1. The Balaban J connectivity index is 1.90. The van der Waals surface area contributed by atoms with Crippen molar-refractivity contribution in [2.45, 2.75) is 20.4 Å². The Morgan fingerprint density at radius 1 is 1.39 bits per heavy atom. The number of nitrogens with one attached hydrogen (secondary N) is 1. The molecule has 4 nitrogen and oxygen atoms in total. The molecule has 2 heterocycles. The number of rotatable bonds is 3. The highest BCUT2D eigenvalue weighted by Gasteiger charge is 2.05. The molecule has 0 radical (unpaired) electrons. The molecule has 0 aliphatic heterocycles. The summed E-state index contributed by atoms with van der Waals surface area (Å²) in [5.41, 5.74) is 3.26. The second kappa shape index (κ2) is 4.42. The Bertz CT molecular complexity index is 683. The quantitative estimate of drug-likeness (QED) is 0.781. The number of thiazole rings is 1. The SMILES string of the molecule is CCn1cc(Nc2nc3cc(C)ccc3s2)cn1. The van der Waals surface area contributed by atoms with E-state index in [1.54, 1.807) is 11.3 Å². The maximum absolute atomic E-state index is 4.57. The zero-order chi connectivity index (χ0) is 12.5. The van der Waals surface area contributed by atoms with Crippen LogP contribution in [-0.4, -0.2) is 14.8 Å². The van der Waals surface area contributed by atoms with Crippen molar-refractivity contribution in [3.8, 4) is 0 Å². The summed E-state index contributed by atoms with van der Waals surface area (Å²) in [6.45, 7) is 5.02. The van der Waals surface area contributed by atoms with Gasteiger partial charge in [0.25, 0.3) is 0 Å². The minimum atomic E-state index is 0.876. The van der Waals surface area contributed by atoms with Crippen LogP contribution in [0, 0.1) is 6.92 Å². The molecule has 0 unspecified atom stereocenters. The molecule has 5 heteroatoms. The molecule has 92 valence electrons. The fourth-order valence-corrected chi connectivity index (χ4v) is 2.68. The van der Waals surface area contributed by atoms with Gasteiger partial charge >= 0.3 is 0 Å². The summed E-state index contributed by atoms with van der Waals surface area (Å²) < 4.78 is 3.09. The van der Waals surface area contributed by atoms with Crippen molar-refractivity contribution in [1.82, 2.24) is 14.8 Å². The molecule has 1 N–H and O–H groups in total. The van der Waals surface area contributed by atoms with Gasteiger partial charge in [-0.1, -0.05) is 17.4 Å². The van der Waals surface area contributed by atoms with Crippen LogP contribution in [0.25, 0.3) is 10.2 Å². The lowest BCUT2D eigenvalue weighted by atomic mass is 10.2. The molecule has 0 spiro atoms. The molecule has 18 heavy (non-hydrogen) atoms. The molecule has 0 aliphatic rings. The van der Waals surface area contributed by atoms with E-state index >= 15 is 0 Å². The van der Waals surface area contributed by atoms with E-state index in [0.717, 1.165) is 22.9 Å². The van der Waals surface area contributed by atoms with Gasteiger partial charge in [-0.05, 0) is 31.5 Å². The summed E-state index contributed by atoms with van der Waals surface area (Å²) in [6.07, 6.45) is 3.80. The lowest BCUT2D eigenvalue weighted by Gasteiger charge is -1.95. The molecule has 0 atom stereocenters. The van der Waals surface area contributed by atoms with Gasteiger partial charge in [-0.2, -0.15) is 5.10 Å². The fraction of sp³-hybridized carbons (Fsp3) is 0.231. The number of aryl methyl sites for hydroxylation is 2. The monoisotopic (exact) mass is 258 g/mol. The zero-order valence-corrected chi connectivity index (χ0v) is 11.2. The van der Waals surface area contributed by atoms with Gasteiger partial charge in [-0.25, -0.2) is 4.98 Å².